The molecule has 0 saturated heterocycles. The van der Waals surface area contributed by atoms with E-state index in [4.69, 9.17) is 18.6 Å². The van der Waals surface area contributed by atoms with Crippen molar-refractivity contribution in [3.63, 3.8) is 0 Å². The van der Waals surface area contributed by atoms with Gasteiger partial charge >= 0.3 is 5.97 Å². The van der Waals surface area contributed by atoms with Crippen LogP contribution in [0.3, 0.4) is 0 Å². The molecule has 7 nitrogen and oxygen atoms in total. The van der Waals surface area contributed by atoms with Crippen molar-refractivity contribution in [2.45, 2.75) is 0 Å². The number of amides is 1. The summed E-state index contributed by atoms with van der Waals surface area (Å²) < 4.78 is 22.0. The average molecular weight is 570 g/mol. The molecule has 5 aromatic rings. The molecule has 1 aromatic heterocycles. The SMILES string of the molecule is COC(=O)c1ccc(-c2ccc(/C=C3\C=C(c4ccccc4)N(c4ccc(Oc5ccc(OC)cc5)cc4)C3=O)o2)cc1. The van der Waals surface area contributed by atoms with Gasteiger partial charge in [-0.1, -0.05) is 42.5 Å². The normalized spacial score (nSPS) is 13.6. The van der Waals surface area contributed by atoms with Crippen LogP contribution in [0.1, 0.15) is 21.7 Å². The fraction of sp³-hybridized carbons (Fsp3) is 0.0556. The number of esters is 1. The van der Waals surface area contributed by atoms with E-state index in [1.165, 1.54) is 7.11 Å². The number of benzene rings is 4. The maximum absolute atomic E-state index is 13.8. The van der Waals surface area contributed by atoms with E-state index in [-0.39, 0.29) is 5.91 Å². The summed E-state index contributed by atoms with van der Waals surface area (Å²) in [5.74, 6) is 2.64. The number of carbonyl (C=O) groups excluding carboxylic acids is 2. The second kappa shape index (κ2) is 12.0. The summed E-state index contributed by atoms with van der Waals surface area (Å²) >= 11 is 0. The standard InChI is InChI=1S/C36H27NO6/c1-40-29-16-18-31(19-17-29)42-30-14-12-28(13-15-30)37-33(24-6-4-3-5-7-24)23-27(35(37)38)22-32-20-21-34(43-32)25-8-10-26(11-9-25)36(39)41-2/h3-23H,1-2H3/b27-22+. The topological polar surface area (TPSA) is 78.2 Å². The van der Waals surface area contributed by atoms with Crippen LogP contribution in [0.25, 0.3) is 23.1 Å². The molecule has 0 radical (unpaired) electrons. The van der Waals surface area contributed by atoms with Gasteiger partial charge in [0.1, 0.15) is 28.8 Å². The minimum Gasteiger partial charge on any atom is -0.497 e. The molecule has 6 rings (SSSR count). The van der Waals surface area contributed by atoms with Gasteiger partial charge in [-0.2, -0.15) is 0 Å². The number of hydrogen-bond acceptors (Lipinski definition) is 6. The Morgan fingerprint density at radius 3 is 2.02 bits per heavy atom. The van der Waals surface area contributed by atoms with Gasteiger partial charge in [-0.05, 0) is 90.5 Å². The Labute approximate surface area is 248 Å². The Morgan fingerprint density at radius 1 is 0.721 bits per heavy atom. The predicted molar refractivity (Wildman–Crippen MR) is 165 cm³/mol. The van der Waals surface area contributed by atoms with E-state index in [1.807, 2.05) is 97.1 Å². The third-order valence-corrected chi connectivity index (χ3v) is 6.96. The first-order chi connectivity index (χ1) is 21.0. The van der Waals surface area contributed by atoms with Crippen LogP contribution < -0.4 is 14.4 Å². The average Bonchev–Trinajstić information content (AvgIpc) is 3.66. The van der Waals surface area contributed by atoms with Gasteiger partial charge in [0.25, 0.3) is 5.91 Å². The lowest BCUT2D eigenvalue weighted by Crippen LogP contribution is -2.24. The molecular formula is C36H27NO6. The van der Waals surface area contributed by atoms with Gasteiger partial charge in [0.2, 0.25) is 0 Å². The number of ether oxygens (including phenoxy) is 3. The van der Waals surface area contributed by atoms with Crippen molar-refractivity contribution >= 4 is 29.3 Å². The fourth-order valence-electron chi connectivity index (χ4n) is 4.76. The number of methoxy groups -OCH3 is 2. The van der Waals surface area contributed by atoms with Gasteiger partial charge in [-0.15, -0.1) is 0 Å². The third kappa shape index (κ3) is 5.83. The number of hydrogen-bond donors (Lipinski definition) is 0. The Balaban J connectivity index is 1.27. The zero-order valence-electron chi connectivity index (χ0n) is 23.5. The Hall–Kier alpha value is -5.82. The molecule has 1 amide bonds. The largest absolute Gasteiger partial charge is 0.497 e. The summed E-state index contributed by atoms with van der Waals surface area (Å²) in [4.78, 5) is 27.3. The zero-order chi connectivity index (χ0) is 29.8. The van der Waals surface area contributed by atoms with Gasteiger partial charge in [-0.25, -0.2) is 4.79 Å². The van der Waals surface area contributed by atoms with Gasteiger partial charge in [-0.3, -0.25) is 9.69 Å². The Morgan fingerprint density at radius 2 is 1.37 bits per heavy atom. The van der Waals surface area contributed by atoms with Crippen LogP contribution >= 0.6 is 0 Å². The highest BCUT2D eigenvalue weighted by Crippen LogP contribution is 2.37. The summed E-state index contributed by atoms with van der Waals surface area (Å²) in [7, 11) is 2.96. The fourth-order valence-corrected chi connectivity index (χ4v) is 4.76. The number of nitrogens with zero attached hydrogens (tertiary/aromatic N) is 1. The second-order valence-electron chi connectivity index (χ2n) is 9.68. The van der Waals surface area contributed by atoms with E-state index in [9.17, 15) is 9.59 Å². The molecule has 0 unspecified atom stereocenters. The first-order valence-electron chi connectivity index (χ1n) is 13.6. The molecule has 4 aromatic carbocycles. The van der Waals surface area contributed by atoms with E-state index in [0.717, 1.165) is 22.6 Å². The van der Waals surface area contributed by atoms with E-state index < -0.39 is 5.97 Å². The summed E-state index contributed by atoms with van der Waals surface area (Å²) in [6.07, 6.45) is 3.60. The highest BCUT2D eigenvalue weighted by Gasteiger charge is 2.30. The molecule has 0 saturated carbocycles. The van der Waals surface area contributed by atoms with Gasteiger partial charge in [0, 0.05) is 16.8 Å². The molecule has 0 bridgehead atoms. The number of rotatable bonds is 8. The lowest BCUT2D eigenvalue weighted by Gasteiger charge is -2.21. The van der Waals surface area contributed by atoms with Crippen molar-refractivity contribution in [3.05, 3.63) is 144 Å². The van der Waals surface area contributed by atoms with Crippen LogP contribution in [0.4, 0.5) is 5.69 Å². The van der Waals surface area contributed by atoms with Crippen LogP contribution in [-0.2, 0) is 9.53 Å². The molecule has 2 heterocycles. The summed E-state index contributed by atoms with van der Waals surface area (Å²) in [5, 5.41) is 0. The maximum Gasteiger partial charge on any atom is 0.337 e. The summed E-state index contributed by atoms with van der Waals surface area (Å²) in [5.41, 5.74) is 4.11. The van der Waals surface area contributed by atoms with Crippen LogP contribution in [0.2, 0.25) is 0 Å². The molecule has 1 aliphatic heterocycles. The molecule has 0 spiro atoms. The summed E-state index contributed by atoms with van der Waals surface area (Å²) in [6, 6.07) is 35.1. The Kier molecular flexibility index (Phi) is 7.61. The molecule has 0 atom stereocenters. The van der Waals surface area contributed by atoms with E-state index in [2.05, 4.69) is 0 Å². The van der Waals surface area contributed by atoms with E-state index in [0.29, 0.717) is 39.8 Å². The molecule has 212 valence electrons. The maximum atomic E-state index is 13.8. The van der Waals surface area contributed by atoms with Gasteiger partial charge < -0.3 is 18.6 Å². The van der Waals surface area contributed by atoms with Crippen molar-refractivity contribution in [2.75, 3.05) is 19.1 Å². The first-order valence-corrected chi connectivity index (χ1v) is 13.6. The molecule has 7 heteroatoms. The second-order valence-corrected chi connectivity index (χ2v) is 9.68. The molecular weight excluding hydrogens is 542 g/mol. The molecule has 1 aliphatic rings. The number of anilines is 1. The summed E-state index contributed by atoms with van der Waals surface area (Å²) in [6.45, 7) is 0. The van der Waals surface area contributed by atoms with Gasteiger partial charge in [0.05, 0.1) is 25.5 Å². The molecule has 0 N–H and O–H groups in total. The minimum atomic E-state index is -0.402. The first kappa shape index (κ1) is 27.4. The van der Waals surface area contributed by atoms with Crippen LogP contribution in [0.15, 0.2) is 131 Å². The van der Waals surface area contributed by atoms with Crippen molar-refractivity contribution in [1.29, 1.82) is 0 Å². The highest BCUT2D eigenvalue weighted by atomic mass is 16.5. The third-order valence-electron chi connectivity index (χ3n) is 6.96. The van der Waals surface area contributed by atoms with Crippen molar-refractivity contribution < 1.29 is 28.2 Å². The van der Waals surface area contributed by atoms with Crippen molar-refractivity contribution in [3.8, 4) is 28.6 Å². The lowest BCUT2D eigenvalue weighted by atomic mass is 10.1. The molecule has 0 fully saturated rings. The monoisotopic (exact) mass is 569 g/mol. The van der Waals surface area contributed by atoms with E-state index in [1.54, 1.807) is 42.4 Å². The number of furan rings is 1. The van der Waals surface area contributed by atoms with E-state index >= 15 is 0 Å². The zero-order valence-corrected chi connectivity index (χ0v) is 23.5. The van der Waals surface area contributed by atoms with Gasteiger partial charge in [0.15, 0.2) is 0 Å². The van der Waals surface area contributed by atoms with Crippen molar-refractivity contribution in [2.24, 2.45) is 0 Å². The highest BCUT2D eigenvalue weighted by molar-refractivity contribution is 6.23. The molecule has 0 aliphatic carbocycles. The lowest BCUT2D eigenvalue weighted by molar-refractivity contribution is -0.113. The van der Waals surface area contributed by atoms with Crippen LogP contribution in [0.5, 0.6) is 17.2 Å². The van der Waals surface area contributed by atoms with Crippen LogP contribution in [-0.4, -0.2) is 26.1 Å². The molecule has 43 heavy (non-hydrogen) atoms. The Bertz CT molecular complexity index is 1820. The van der Waals surface area contributed by atoms with Crippen LogP contribution in [0, 0.1) is 0 Å². The number of carbonyl (C=O) groups is 2. The minimum absolute atomic E-state index is 0.178. The smallest absolute Gasteiger partial charge is 0.337 e. The quantitative estimate of drug-likeness (QED) is 0.139. The van der Waals surface area contributed by atoms with Crippen molar-refractivity contribution in [1.82, 2.24) is 0 Å². The predicted octanol–water partition coefficient (Wildman–Crippen LogP) is 8.01.